The second kappa shape index (κ2) is 4.49. The molecule has 0 nitrogen and oxygen atoms in total. The summed E-state index contributed by atoms with van der Waals surface area (Å²) in [7, 11) is 0. The molecule has 11 heavy (non-hydrogen) atoms. The minimum absolute atomic E-state index is 0.434. The molecule has 0 aromatic rings. The SMILES string of the molecule is CCCC(Br)C(C)C(C)(C)C. The highest BCUT2D eigenvalue weighted by Crippen LogP contribution is 2.33. The van der Waals surface area contributed by atoms with Gasteiger partial charge in [0.2, 0.25) is 0 Å². The van der Waals surface area contributed by atoms with E-state index in [4.69, 9.17) is 0 Å². The van der Waals surface area contributed by atoms with E-state index in [0.717, 1.165) is 5.92 Å². The van der Waals surface area contributed by atoms with E-state index < -0.39 is 0 Å². The Hall–Kier alpha value is 0.480. The van der Waals surface area contributed by atoms with Crippen molar-refractivity contribution in [1.82, 2.24) is 0 Å². The molecule has 0 radical (unpaired) electrons. The average molecular weight is 221 g/mol. The van der Waals surface area contributed by atoms with Crippen molar-refractivity contribution < 1.29 is 0 Å². The average Bonchev–Trinajstić information content (AvgIpc) is 1.85. The van der Waals surface area contributed by atoms with E-state index in [-0.39, 0.29) is 0 Å². The first-order chi connectivity index (χ1) is 4.89. The molecule has 0 aliphatic heterocycles. The summed E-state index contributed by atoms with van der Waals surface area (Å²) in [6.07, 6.45) is 2.56. The summed E-state index contributed by atoms with van der Waals surface area (Å²) in [6.45, 7) is 11.5. The van der Waals surface area contributed by atoms with Gasteiger partial charge in [-0.2, -0.15) is 0 Å². The molecular weight excluding hydrogens is 200 g/mol. The van der Waals surface area contributed by atoms with Crippen molar-refractivity contribution in [2.24, 2.45) is 11.3 Å². The molecule has 0 aliphatic rings. The molecule has 0 saturated carbocycles. The van der Waals surface area contributed by atoms with Gasteiger partial charge in [-0.15, -0.1) is 0 Å². The lowest BCUT2D eigenvalue weighted by molar-refractivity contribution is 0.252. The van der Waals surface area contributed by atoms with Gasteiger partial charge < -0.3 is 0 Å². The lowest BCUT2D eigenvalue weighted by Crippen LogP contribution is -2.25. The summed E-state index contributed by atoms with van der Waals surface area (Å²) >= 11 is 3.74. The van der Waals surface area contributed by atoms with Crippen LogP contribution in [0.15, 0.2) is 0 Å². The summed E-state index contributed by atoms with van der Waals surface area (Å²) in [5.74, 6) is 0.752. The van der Waals surface area contributed by atoms with Crippen LogP contribution in [0, 0.1) is 11.3 Å². The van der Waals surface area contributed by atoms with Crippen LogP contribution in [0.1, 0.15) is 47.5 Å². The number of halogens is 1. The van der Waals surface area contributed by atoms with Crippen LogP contribution in [-0.2, 0) is 0 Å². The molecule has 0 bridgehead atoms. The second-order valence-electron chi connectivity index (χ2n) is 4.46. The lowest BCUT2D eigenvalue weighted by atomic mass is 9.79. The molecule has 0 fully saturated rings. The number of hydrogen-bond donors (Lipinski definition) is 0. The van der Waals surface area contributed by atoms with Crippen molar-refractivity contribution in [2.75, 3.05) is 0 Å². The van der Waals surface area contributed by atoms with Crippen molar-refractivity contribution >= 4 is 15.9 Å². The zero-order chi connectivity index (χ0) is 9.07. The molecule has 0 aromatic carbocycles. The molecule has 2 unspecified atom stereocenters. The number of alkyl halides is 1. The van der Waals surface area contributed by atoms with Crippen LogP contribution in [0.4, 0.5) is 0 Å². The van der Waals surface area contributed by atoms with Crippen LogP contribution in [0.3, 0.4) is 0 Å². The van der Waals surface area contributed by atoms with Crippen molar-refractivity contribution in [1.29, 1.82) is 0 Å². The van der Waals surface area contributed by atoms with Crippen molar-refractivity contribution in [3.8, 4) is 0 Å². The number of hydrogen-bond acceptors (Lipinski definition) is 0. The summed E-state index contributed by atoms with van der Waals surface area (Å²) < 4.78 is 0. The molecular formula is C10H21Br. The van der Waals surface area contributed by atoms with Gasteiger partial charge in [0.15, 0.2) is 0 Å². The molecule has 0 saturated heterocycles. The van der Waals surface area contributed by atoms with E-state index in [0.29, 0.717) is 10.2 Å². The Morgan fingerprint density at radius 1 is 1.27 bits per heavy atom. The fourth-order valence-corrected chi connectivity index (χ4v) is 2.32. The van der Waals surface area contributed by atoms with Gasteiger partial charge in [-0.1, -0.05) is 57.0 Å². The monoisotopic (exact) mass is 220 g/mol. The van der Waals surface area contributed by atoms with Gasteiger partial charge in [-0.05, 0) is 17.8 Å². The highest BCUT2D eigenvalue weighted by atomic mass is 79.9. The van der Waals surface area contributed by atoms with Crippen LogP contribution >= 0.6 is 15.9 Å². The lowest BCUT2D eigenvalue weighted by Gasteiger charge is -2.31. The predicted octanol–water partition coefficient (Wildman–Crippen LogP) is 4.23. The van der Waals surface area contributed by atoms with E-state index in [1.54, 1.807) is 0 Å². The Morgan fingerprint density at radius 3 is 2.00 bits per heavy atom. The first-order valence-electron chi connectivity index (χ1n) is 4.53. The molecule has 0 rings (SSSR count). The zero-order valence-corrected chi connectivity index (χ0v) is 10.0. The highest BCUT2D eigenvalue weighted by Gasteiger charge is 2.25. The fraction of sp³-hybridized carbons (Fsp3) is 1.00. The van der Waals surface area contributed by atoms with Gasteiger partial charge in [0.05, 0.1) is 0 Å². The Bertz CT molecular complexity index is 102. The van der Waals surface area contributed by atoms with E-state index >= 15 is 0 Å². The third-order valence-electron chi connectivity index (χ3n) is 2.47. The standard InChI is InChI=1S/C10H21Br/c1-6-7-9(11)8(2)10(3,4)5/h8-9H,6-7H2,1-5H3. The van der Waals surface area contributed by atoms with Crippen LogP contribution < -0.4 is 0 Å². The van der Waals surface area contributed by atoms with Gasteiger partial charge in [0.25, 0.3) is 0 Å². The van der Waals surface area contributed by atoms with Gasteiger partial charge in [0.1, 0.15) is 0 Å². The van der Waals surface area contributed by atoms with E-state index in [1.807, 2.05) is 0 Å². The van der Waals surface area contributed by atoms with Gasteiger partial charge in [-0.3, -0.25) is 0 Å². The van der Waals surface area contributed by atoms with E-state index in [2.05, 4.69) is 50.5 Å². The summed E-state index contributed by atoms with van der Waals surface area (Å²) in [5, 5.41) is 0. The van der Waals surface area contributed by atoms with Gasteiger partial charge in [-0.25, -0.2) is 0 Å². The molecule has 68 valence electrons. The zero-order valence-electron chi connectivity index (χ0n) is 8.45. The van der Waals surface area contributed by atoms with Crippen LogP contribution in [0.5, 0.6) is 0 Å². The Morgan fingerprint density at radius 2 is 1.73 bits per heavy atom. The maximum atomic E-state index is 3.74. The minimum atomic E-state index is 0.434. The first-order valence-corrected chi connectivity index (χ1v) is 5.45. The molecule has 0 aromatic heterocycles. The molecule has 0 N–H and O–H groups in total. The van der Waals surface area contributed by atoms with Crippen molar-refractivity contribution in [3.63, 3.8) is 0 Å². The summed E-state index contributed by atoms with van der Waals surface area (Å²) in [6, 6.07) is 0. The topological polar surface area (TPSA) is 0 Å². The van der Waals surface area contributed by atoms with Crippen molar-refractivity contribution in [2.45, 2.75) is 52.3 Å². The van der Waals surface area contributed by atoms with Gasteiger partial charge in [0, 0.05) is 4.83 Å². The Balaban J connectivity index is 3.91. The Labute approximate surface area is 79.9 Å². The summed E-state index contributed by atoms with van der Waals surface area (Å²) in [5.41, 5.74) is 0.434. The fourth-order valence-electron chi connectivity index (χ4n) is 1.07. The molecule has 1 heteroatoms. The predicted molar refractivity (Wildman–Crippen MR) is 56.2 cm³/mol. The maximum Gasteiger partial charge on any atom is 0.0176 e. The second-order valence-corrected chi connectivity index (χ2v) is 5.64. The van der Waals surface area contributed by atoms with Crippen LogP contribution in [-0.4, -0.2) is 4.83 Å². The van der Waals surface area contributed by atoms with Crippen LogP contribution in [0.25, 0.3) is 0 Å². The third-order valence-corrected chi connectivity index (χ3v) is 3.72. The summed E-state index contributed by atoms with van der Waals surface area (Å²) in [4.78, 5) is 0.688. The largest absolute Gasteiger partial charge is 0.0888 e. The molecule has 0 aliphatic carbocycles. The Kier molecular flexibility index (Phi) is 4.69. The van der Waals surface area contributed by atoms with Crippen LogP contribution in [0.2, 0.25) is 0 Å². The quantitative estimate of drug-likeness (QED) is 0.625. The first kappa shape index (κ1) is 11.5. The van der Waals surface area contributed by atoms with E-state index in [1.165, 1.54) is 12.8 Å². The molecule has 0 spiro atoms. The smallest absolute Gasteiger partial charge is 0.0176 e. The third kappa shape index (κ3) is 4.15. The molecule has 0 heterocycles. The highest BCUT2D eigenvalue weighted by molar-refractivity contribution is 9.09. The van der Waals surface area contributed by atoms with E-state index in [9.17, 15) is 0 Å². The van der Waals surface area contributed by atoms with Gasteiger partial charge >= 0.3 is 0 Å². The molecule has 2 atom stereocenters. The maximum absolute atomic E-state index is 3.74. The number of rotatable bonds is 3. The van der Waals surface area contributed by atoms with Crippen molar-refractivity contribution in [3.05, 3.63) is 0 Å². The minimum Gasteiger partial charge on any atom is -0.0888 e. The molecule has 0 amide bonds. The normalized spacial score (nSPS) is 18.0.